The molecule has 0 aliphatic carbocycles. The maximum absolute atomic E-state index is 12.0. The Morgan fingerprint density at radius 2 is 2.22 bits per heavy atom. The van der Waals surface area contributed by atoms with Crippen LogP contribution in [-0.4, -0.2) is 12.5 Å². The van der Waals surface area contributed by atoms with Gasteiger partial charge in [0.25, 0.3) is 0 Å². The molecule has 0 fully saturated rings. The average Bonchev–Trinajstić information content (AvgIpc) is 2.32. The van der Waals surface area contributed by atoms with Crippen molar-refractivity contribution in [2.45, 2.75) is 13.8 Å². The van der Waals surface area contributed by atoms with Crippen molar-refractivity contribution < 1.29 is 4.79 Å². The van der Waals surface area contributed by atoms with E-state index in [1.807, 2.05) is 19.9 Å². The lowest BCUT2D eigenvalue weighted by molar-refractivity contribution is -0.120. The van der Waals surface area contributed by atoms with Gasteiger partial charge in [0.2, 0.25) is 5.91 Å². The quantitative estimate of drug-likeness (QED) is 0.877. The number of anilines is 1. The first kappa shape index (κ1) is 14.5. The number of nitrogens with zero attached hydrogens (tertiary/aromatic N) is 1. The Morgan fingerprint density at radius 1 is 1.56 bits per heavy atom. The molecular weight excluding hydrogens is 250 g/mol. The van der Waals surface area contributed by atoms with E-state index < -0.39 is 0 Å². The summed E-state index contributed by atoms with van der Waals surface area (Å²) in [7, 11) is 0. The van der Waals surface area contributed by atoms with Crippen molar-refractivity contribution in [1.29, 1.82) is 5.26 Å². The molecule has 4 nitrogen and oxygen atoms in total. The highest BCUT2D eigenvalue weighted by molar-refractivity contribution is 6.31. The van der Waals surface area contributed by atoms with E-state index in [1.54, 1.807) is 18.2 Å². The van der Waals surface area contributed by atoms with E-state index >= 15 is 0 Å². The third-order valence-electron chi connectivity index (χ3n) is 2.75. The highest BCUT2D eigenvalue weighted by Crippen LogP contribution is 2.21. The first-order valence-corrected chi connectivity index (χ1v) is 6.08. The second-order valence-electron chi connectivity index (χ2n) is 4.38. The first-order chi connectivity index (χ1) is 8.49. The van der Waals surface area contributed by atoms with Crippen molar-refractivity contribution in [3.8, 4) is 6.07 Å². The SMILES string of the molecule is CC(C)C(CN)C(=O)Nc1ccc(Cl)c(C#N)c1. The summed E-state index contributed by atoms with van der Waals surface area (Å²) in [6.07, 6.45) is 0. The monoisotopic (exact) mass is 265 g/mol. The molecule has 1 unspecified atom stereocenters. The molecule has 5 heteroatoms. The van der Waals surface area contributed by atoms with Gasteiger partial charge in [0.15, 0.2) is 0 Å². The zero-order valence-electron chi connectivity index (χ0n) is 10.4. The lowest BCUT2D eigenvalue weighted by Gasteiger charge is -2.18. The van der Waals surface area contributed by atoms with Crippen molar-refractivity contribution in [2.75, 3.05) is 11.9 Å². The predicted octanol–water partition coefficient (Wildman–Crippen LogP) is 2.38. The normalized spacial score (nSPS) is 12.0. The molecule has 0 heterocycles. The van der Waals surface area contributed by atoms with E-state index in [9.17, 15) is 4.79 Å². The lowest BCUT2D eigenvalue weighted by Crippen LogP contribution is -2.33. The Kier molecular flexibility index (Phi) is 5.14. The first-order valence-electron chi connectivity index (χ1n) is 5.70. The molecule has 1 rings (SSSR count). The predicted molar refractivity (Wildman–Crippen MR) is 72.2 cm³/mol. The Bertz CT molecular complexity index is 480. The largest absolute Gasteiger partial charge is 0.330 e. The summed E-state index contributed by atoms with van der Waals surface area (Å²) in [5.41, 5.74) is 6.47. The van der Waals surface area contributed by atoms with Crippen LogP contribution in [0.25, 0.3) is 0 Å². The maximum atomic E-state index is 12.0. The highest BCUT2D eigenvalue weighted by Gasteiger charge is 2.20. The molecule has 0 saturated carbocycles. The van der Waals surface area contributed by atoms with Crippen LogP contribution in [0.3, 0.4) is 0 Å². The summed E-state index contributed by atoms with van der Waals surface area (Å²) >= 11 is 5.82. The van der Waals surface area contributed by atoms with Gasteiger partial charge < -0.3 is 11.1 Å². The average molecular weight is 266 g/mol. The van der Waals surface area contributed by atoms with Crippen LogP contribution in [0.1, 0.15) is 19.4 Å². The van der Waals surface area contributed by atoms with E-state index in [0.717, 1.165) is 0 Å². The summed E-state index contributed by atoms with van der Waals surface area (Å²) in [5, 5.41) is 12.0. The molecule has 1 atom stereocenters. The van der Waals surface area contributed by atoms with Crippen LogP contribution in [0.5, 0.6) is 0 Å². The molecule has 0 bridgehead atoms. The number of halogens is 1. The molecule has 1 amide bonds. The fourth-order valence-electron chi connectivity index (χ4n) is 1.61. The minimum absolute atomic E-state index is 0.140. The summed E-state index contributed by atoms with van der Waals surface area (Å²) in [6, 6.07) is 6.76. The van der Waals surface area contributed by atoms with Crippen molar-refractivity contribution >= 4 is 23.2 Å². The minimum atomic E-state index is -0.244. The molecule has 0 aliphatic heterocycles. The van der Waals surface area contributed by atoms with Crippen LogP contribution in [0.15, 0.2) is 18.2 Å². The van der Waals surface area contributed by atoms with Crippen molar-refractivity contribution in [1.82, 2.24) is 0 Å². The van der Waals surface area contributed by atoms with Gasteiger partial charge in [0.05, 0.1) is 16.5 Å². The van der Waals surface area contributed by atoms with Gasteiger partial charge in [-0.15, -0.1) is 0 Å². The Hall–Kier alpha value is -1.57. The zero-order valence-corrected chi connectivity index (χ0v) is 11.2. The standard InChI is InChI=1S/C13H16ClN3O/c1-8(2)11(7-16)13(18)17-10-3-4-12(14)9(5-10)6-15/h3-5,8,11H,7,16H2,1-2H3,(H,17,18). The minimum Gasteiger partial charge on any atom is -0.330 e. The number of carbonyl (C=O) groups is 1. The molecular formula is C13H16ClN3O. The van der Waals surface area contributed by atoms with Crippen molar-refractivity contribution in [3.63, 3.8) is 0 Å². The molecule has 0 radical (unpaired) electrons. The second kappa shape index (κ2) is 6.39. The number of rotatable bonds is 4. The number of hydrogen-bond acceptors (Lipinski definition) is 3. The van der Waals surface area contributed by atoms with Gasteiger partial charge in [-0.3, -0.25) is 4.79 Å². The van der Waals surface area contributed by atoms with E-state index in [2.05, 4.69) is 5.32 Å². The topological polar surface area (TPSA) is 78.9 Å². The molecule has 3 N–H and O–H groups in total. The van der Waals surface area contributed by atoms with Crippen LogP contribution in [0.2, 0.25) is 5.02 Å². The summed E-state index contributed by atoms with van der Waals surface area (Å²) < 4.78 is 0. The van der Waals surface area contributed by atoms with Gasteiger partial charge in [-0.1, -0.05) is 25.4 Å². The third-order valence-corrected chi connectivity index (χ3v) is 3.08. The fourth-order valence-corrected chi connectivity index (χ4v) is 1.77. The molecule has 1 aromatic carbocycles. The summed E-state index contributed by atoms with van der Waals surface area (Å²) in [4.78, 5) is 12.0. The fraction of sp³-hybridized carbons (Fsp3) is 0.385. The summed E-state index contributed by atoms with van der Waals surface area (Å²) in [5.74, 6) is -0.220. The highest BCUT2D eigenvalue weighted by atomic mass is 35.5. The van der Waals surface area contributed by atoms with Crippen LogP contribution in [0, 0.1) is 23.2 Å². The van der Waals surface area contributed by atoms with E-state index in [-0.39, 0.29) is 17.7 Å². The molecule has 0 saturated heterocycles. The van der Waals surface area contributed by atoms with Gasteiger partial charge in [-0.25, -0.2) is 0 Å². The van der Waals surface area contributed by atoms with Gasteiger partial charge in [-0.2, -0.15) is 5.26 Å². The van der Waals surface area contributed by atoms with Crippen molar-refractivity contribution in [3.05, 3.63) is 28.8 Å². The molecule has 18 heavy (non-hydrogen) atoms. The number of carbonyl (C=O) groups excluding carboxylic acids is 1. The van der Waals surface area contributed by atoms with Crippen LogP contribution in [-0.2, 0) is 4.79 Å². The van der Waals surface area contributed by atoms with Gasteiger partial charge in [-0.05, 0) is 24.1 Å². The molecule has 0 spiro atoms. The maximum Gasteiger partial charge on any atom is 0.229 e. The number of amides is 1. The van der Waals surface area contributed by atoms with Gasteiger partial charge in [0.1, 0.15) is 6.07 Å². The number of hydrogen-bond donors (Lipinski definition) is 2. The van der Waals surface area contributed by atoms with E-state index in [4.69, 9.17) is 22.6 Å². The molecule has 0 aromatic heterocycles. The Labute approximate surface area is 112 Å². The number of nitrogens with one attached hydrogen (secondary N) is 1. The number of nitrogens with two attached hydrogens (primary N) is 1. The lowest BCUT2D eigenvalue weighted by atomic mass is 9.95. The molecule has 96 valence electrons. The van der Waals surface area contributed by atoms with E-state index in [1.165, 1.54) is 0 Å². The third kappa shape index (κ3) is 3.46. The van der Waals surface area contributed by atoms with E-state index in [0.29, 0.717) is 22.8 Å². The number of benzene rings is 1. The van der Waals surface area contributed by atoms with Gasteiger partial charge in [0, 0.05) is 12.2 Å². The van der Waals surface area contributed by atoms with Crippen LogP contribution < -0.4 is 11.1 Å². The van der Waals surface area contributed by atoms with Crippen LogP contribution in [0.4, 0.5) is 5.69 Å². The Morgan fingerprint density at radius 3 is 2.72 bits per heavy atom. The van der Waals surface area contributed by atoms with Crippen molar-refractivity contribution in [2.24, 2.45) is 17.6 Å². The molecule has 1 aromatic rings. The second-order valence-corrected chi connectivity index (χ2v) is 4.79. The molecule has 0 aliphatic rings. The smallest absolute Gasteiger partial charge is 0.229 e. The zero-order chi connectivity index (χ0) is 13.7. The summed E-state index contributed by atoms with van der Waals surface area (Å²) in [6.45, 7) is 4.18. The van der Waals surface area contributed by atoms with Gasteiger partial charge >= 0.3 is 0 Å². The Balaban J connectivity index is 2.85. The number of nitriles is 1. The van der Waals surface area contributed by atoms with Crippen LogP contribution >= 0.6 is 11.6 Å².